The maximum Gasteiger partial charge on any atom is 0.410 e. The van der Waals surface area contributed by atoms with Crippen LogP contribution in [0.3, 0.4) is 0 Å². The Morgan fingerprint density at radius 1 is 1.20 bits per heavy atom. The first kappa shape index (κ1) is 22.4. The molecule has 0 spiro atoms. The lowest BCUT2D eigenvalue weighted by Gasteiger charge is -2.37. The molecule has 1 aliphatic heterocycles. The van der Waals surface area contributed by atoms with E-state index >= 15 is 0 Å². The Bertz CT molecular complexity index is 889. The van der Waals surface area contributed by atoms with E-state index in [1.165, 1.54) is 0 Å². The van der Waals surface area contributed by atoms with Gasteiger partial charge in [0, 0.05) is 49.7 Å². The topological polar surface area (TPSA) is 60.9 Å². The van der Waals surface area contributed by atoms with E-state index in [1.807, 2.05) is 53.1 Å². The number of nitrogens with one attached hydrogen (secondary N) is 1. The van der Waals surface area contributed by atoms with Gasteiger partial charge in [0.15, 0.2) is 0 Å². The maximum absolute atomic E-state index is 12.4. The summed E-state index contributed by atoms with van der Waals surface area (Å²) in [6.07, 6.45) is -0.252. The molecule has 30 heavy (non-hydrogen) atoms. The average Bonchev–Trinajstić information content (AvgIpc) is 2.66. The third-order valence-corrected chi connectivity index (χ3v) is 5.12. The van der Waals surface area contributed by atoms with Crippen molar-refractivity contribution in [1.82, 2.24) is 14.8 Å². The lowest BCUT2D eigenvalue weighted by atomic mass is 10.1. The zero-order valence-corrected chi connectivity index (χ0v) is 19.3. The van der Waals surface area contributed by atoms with Gasteiger partial charge in [0.2, 0.25) is 0 Å². The van der Waals surface area contributed by atoms with Crippen LogP contribution in [0.25, 0.3) is 10.9 Å². The van der Waals surface area contributed by atoms with Gasteiger partial charge >= 0.3 is 6.09 Å². The largest absolute Gasteiger partial charge is 0.444 e. The number of likely N-dealkylation sites (N-methyl/N-ethyl adjacent to an activating group) is 1. The molecular weight excluding hydrogens is 402 g/mol. The smallest absolute Gasteiger partial charge is 0.410 e. The van der Waals surface area contributed by atoms with E-state index in [2.05, 4.69) is 21.2 Å². The highest BCUT2D eigenvalue weighted by Crippen LogP contribution is 2.30. The van der Waals surface area contributed by atoms with Gasteiger partial charge in [0.1, 0.15) is 11.4 Å². The fraction of sp³-hybridized carbons (Fsp3) is 0.545. The molecule has 8 heteroatoms. The fourth-order valence-corrected chi connectivity index (χ4v) is 3.52. The van der Waals surface area contributed by atoms with E-state index in [0.717, 1.165) is 48.6 Å². The zero-order chi connectivity index (χ0) is 21.9. The molecular formula is C22H32ClN5O2. The third kappa shape index (κ3) is 5.89. The highest BCUT2D eigenvalue weighted by atomic mass is 35.5. The van der Waals surface area contributed by atoms with Gasteiger partial charge in [-0.25, -0.2) is 9.78 Å². The zero-order valence-electron chi connectivity index (χ0n) is 18.5. The Kier molecular flexibility index (Phi) is 6.93. The van der Waals surface area contributed by atoms with Crippen LogP contribution in [-0.2, 0) is 4.74 Å². The number of pyridine rings is 1. The molecule has 1 saturated heterocycles. The van der Waals surface area contributed by atoms with Crippen molar-refractivity contribution in [2.75, 3.05) is 63.6 Å². The minimum absolute atomic E-state index is 0.252. The number of rotatable bonds is 5. The van der Waals surface area contributed by atoms with E-state index in [4.69, 9.17) is 21.3 Å². The van der Waals surface area contributed by atoms with E-state index in [0.29, 0.717) is 18.1 Å². The Hall–Kier alpha value is -2.25. The predicted octanol–water partition coefficient (Wildman–Crippen LogP) is 3.92. The van der Waals surface area contributed by atoms with Gasteiger partial charge in [-0.1, -0.05) is 17.7 Å². The first-order valence-electron chi connectivity index (χ1n) is 10.3. The summed E-state index contributed by atoms with van der Waals surface area (Å²) in [5, 5.41) is 5.19. The molecule has 2 heterocycles. The van der Waals surface area contributed by atoms with Crippen molar-refractivity contribution in [1.29, 1.82) is 0 Å². The molecule has 0 unspecified atom stereocenters. The molecule has 0 bridgehead atoms. The number of anilines is 2. The first-order valence-corrected chi connectivity index (χ1v) is 10.7. The number of carbonyl (C=O) groups excluding carboxylic acids is 1. The van der Waals surface area contributed by atoms with Crippen LogP contribution in [0.1, 0.15) is 20.8 Å². The molecule has 3 rings (SSSR count). The Morgan fingerprint density at radius 3 is 2.53 bits per heavy atom. The van der Waals surface area contributed by atoms with Crippen LogP contribution in [0.15, 0.2) is 24.3 Å². The van der Waals surface area contributed by atoms with E-state index in [9.17, 15) is 4.79 Å². The summed E-state index contributed by atoms with van der Waals surface area (Å²) in [5.74, 6) is 0.845. The van der Waals surface area contributed by atoms with Crippen molar-refractivity contribution < 1.29 is 9.53 Å². The molecule has 0 atom stereocenters. The van der Waals surface area contributed by atoms with Crippen molar-refractivity contribution in [3.05, 3.63) is 29.3 Å². The summed E-state index contributed by atoms with van der Waals surface area (Å²) < 4.78 is 5.51. The number of carbonyl (C=O) groups is 1. The number of hydrogen-bond acceptors (Lipinski definition) is 6. The van der Waals surface area contributed by atoms with E-state index in [-0.39, 0.29) is 6.09 Å². The monoisotopic (exact) mass is 433 g/mol. The lowest BCUT2D eigenvalue weighted by molar-refractivity contribution is 0.0240. The van der Waals surface area contributed by atoms with Crippen molar-refractivity contribution >= 4 is 40.1 Å². The van der Waals surface area contributed by atoms with E-state index in [1.54, 1.807) is 4.90 Å². The lowest BCUT2D eigenvalue weighted by Crippen LogP contribution is -2.50. The summed E-state index contributed by atoms with van der Waals surface area (Å²) >= 11 is 6.17. The molecule has 0 saturated carbocycles. The summed E-state index contributed by atoms with van der Waals surface area (Å²) in [5.41, 5.74) is 1.43. The highest BCUT2D eigenvalue weighted by molar-refractivity contribution is 6.31. The molecule has 1 amide bonds. The maximum atomic E-state index is 12.4. The number of piperazine rings is 1. The molecule has 1 aromatic carbocycles. The number of halogens is 1. The number of amides is 1. The summed E-state index contributed by atoms with van der Waals surface area (Å²) in [4.78, 5) is 23.4. The van der Waals surface area contributed by atoms with Crippen molar-refractivity contribution in [2.24, 2.45) is 0 Å². The van der Waals surface area contributed by atoms with Crippen LogP contribution in [0.2, 0.25) is 5.02 Å². The number of nitrogens with zero attached hydrogens (tertiary/aromatic N) is 4. The minimum Gasteiger partial charge on any atom is -0.444 e. The predicted molar refractivity (Wildman–Crippen MR) is 124 cm³/mol. The molecule has 1 fully saturated rings. The molecule has 1 aliphatic rings. The second kappa shape index (κ2) is 9.27. The first-order chi connectivity index (χ1) is 14.1. The summed E-state index contributed by atoms with van der Waals surface area (Å²) in [6, 6.07) is 7.92. The van der Waals surface area contributed by atoms with Gasteiger partial charge in [-0.2, -0.15) is 0 Å². The standard InChI is InChI=1S/C22H32ClN5O2/c1-22(2,3)30-21(29)28-12-10-27(11-13-28)19-14-16-6-7-17(23)15-18(16)25-20(19)24-8-9-26(4)5/h6-7,14-15H,8-13H2,1-5H3,(H,24,25). The number of hydrogen-bond donors (Lipinski definition) is 1. The van der Waals surface area contributed by atoms with Gasteiger partial charge in [-0.05, 0) is 53.1 Å². The second-order valence-electron chi connectivity index (χ2n) is 8.88. The number of fused-ring (bicyclic) bond motifs is 1. The summed E-state index contributed by atoms with van der Waals surface area (Å²) in [7, 11) is 4.10. The number of ether oxygens (including phenoxy) is 1. The quantitative estimate of drug-likeness (QED) is 0.771. The van der Waals surface area contributed by atoms with Gasteiger partial charge in [0.05, 0.1) is 11.2 Å². The Balaban J connectivity index is 1.78. The second-order valence-corrected chi connectivity index (χ2v) is 9.31. The van der Waals surface area contributed by atoms with Crippen molar-refractivity contribution in [3.8, 4) is 0 Å². The number of aromatic nitrogens is 1. The highest BCUT2D eigenvalue weighted by Gasteiger charge is 2.27. The van der Waals surface area contributed by atoms with Crippen LogP contribution in [-0.4, -0.2) is 79.8 Å². The van der Waals surface area contributed by atoms with E-state index < -0.39 is 5.60 Å². The molecule has 2 aromatic rings. The molecule has 0 aliphatic carbocycles. The third-order valence-electron chi connectivity index (χ3n) is 4.88. The SMILES string of the molecule is CN(C)CCNc1nc2cc(Cl)ccc2cc1N1CCN(C(=O)OC(C)(C)C)CC1. The van der Waals surface area contributed by atoms with Gasteiger partial charge in [-0.15, -0.1) is 0 Å². The van der Waals surface area contributed by atoms with Crippen molar-refractivity contribution in [2.45, 2.75) is 26.4 Å². The number of benzene rings is 1. The fourth-order valence-electron chi connectivity index (χ4n) is 3.35. The molecule has 7 nitrogen and oxygen atoms in total. The van der Waals surface area contributed by atoms with Crippen LogP contribution < -0.4 is 10.2 Å². The summed E-state index contributed by atoms with van der Waals surface area (Å²) in [6.45, 7) is 10.0. The van der Waals surface area contributed by atoms with Gasteiger partial charge in [0.25, 0.3) is 0 Å². The van der Waals surface area contributed by atoms with Crippen LogP contribution >= 0.6 is 11.6 Å². The normalized spacial score (nSPS) is 15.0. The van der Waals surface area contributed by atoms with Crippen LogP contribution in [0.5, 0.6) is 0 Å². The average molecular weight is 434 g/mol. The van der Waals surface area contributed by atoms with Gasteiger partial charge < -0.3 is 24.8 Å². The van der Waals surface area contributed by atoms with Crippen molar-refractivity contribution in [3.63, 3.8) is 0 Å². The van der Waals surface area contributed by atoms with Crippen LogP contribution in [0, 0.1) is 0 Å². The van der Waals surface area contributed by atoms with Gasteiger partial charge in [-0.3, -0.25) is 0 Å². The molecule has 1 N–H and O–H groups in total. The van der Waals surface area contributed by atoms with Crippen LogP contribution in [0.4, 0.5) is 16.3 Å². The Morgan fingerprint density at radius 2 is 1.90 bits per heavy atom. The molecule has 164 valence electrons. The Labute approximate surface area is 183 Å². The molecule has 1 aromatic heterocycles. The minimum atomic E-state index is -0.485. The molecule has 0 radical (unpaired) electrons.